The normalized spacial score (nSPS) is 19.3. The van der Waals surface area contributed by atoms with E-state index in [1.807, 2.05) is 30.3 Å². The minimum Gasteiger partial charge on any atom is -0.486 e. The number of amides is 1. The number of fused-ring (bicyclic) bond motifs is 1. The summed E-state index contributed by atoms with van der Waals surface area (Å²) in [6, 6.07) is 13.1. The first-order chi connectivity index (χ1) is 12.2. The van der Waals surface area contributed by atoms with E-state index in [4.69, 9.17) is 21.1 Å². The Morgan fingerprint density at radius 3 is 2.64 bits per heavy atom. The molecule has 0 spiro atoms. The number of ether oxygens (including phenoxy) is 2. The summed E-state index contributed by atoms with van der Waals surface area (Å²) in [5.74, 6) is 1.65. The molecule has 1 unspecified atom stereocenters. The van der Waals surface area contributed by atoms with Crippen LogP contribution in [0.3, 0.4) is 0 Å². The summed E-state index contributed by atoms with van der Waals surface area (Å²) in [4.78, 5) is 14.4. The molecule has 130 valence electrons. The van der Waals surface area contributed by atoms with Gasteiger partial charge in [-0.2, -0.15) is 0 Å². The third-order valence-electron chi connectivity index (χ3n) is 4.50. The smallest absolute Gasteiger partial charge is 0.244 e. The van der Waals surface area contributed by atoms with Gasteiger partial charge in [0, 0.05) is 23.8 Å². The zero-order valence-electron chi connectivity index (χ0n) is 13.7. The Morgan fingerprint density at radius 1 is 1.08 bits per heavy atom. The summed E-state index contributed by atoms with van der Waals surface area (Å²) in [6.45, 7) is 2.48. The molecule has 2 heterocycles. The number of benzene rings is 2. The van der Waals surface area contributed by atoms with Crippen LogP contribution in [-0.2, 0) is 11.3 Å². The molecule has 5 nitrogen and oxygen atoms in total. The van der Waals surface area contributed by atoms with Crippen molar-refractivity contribution in [3.8, 4) is 11.5 Å². The van der Waals surface area contributed by atoms with Crippen molar-refractivity contribution in [3.63, 3.8) is 0 Å². The molecule has 0 radical (unpaired) electrons. The number of carbonyl (C=O) groups excluding carboxylic acids is 1. The summed E-state index contributed by atoms with van der Waals surface area (Å²) in [5, 5.41) is 4.02. The highest BCUT2D eigenvalue weighted by Gasteiger charge is 2.32. The minimum atomic E-state index is -0.177. The molecule has 2 aliphatic rings. The number of anilines is 1. The van der Waals surface area contributed by atoms with Crippen LogP contribution in [0.15, 0.2) is 42.5 Å². The number of halogens is 1. The van der Waals surface area contributed by atoms with Crippen LogP contribution in [0.5, 0.6) is 11.5 Å². The van der Waals surface area contributed by atoms with E-state index in [0.29, 0.717) is 31.3 Å². The monoisotopic (exact) mass is 358 g/mol. The molecule has 0 saturated carbocycles. The van der Waals surface area contributed by atoms with Gasteiger partial charge in [0.05, 0.1) is 6.04 Å². The van der Waals surface area contributed by atoms with E-state index in [9.17, 15) is 4.79 Å². The van der Waals surface area contributed by atoms with Gasteiger partial charge in [-0.25, -0.2) is 0 Å². The first-order valence-electron chi connectivity index (χ1n) is 8.39. The first kappa shape index (κ1) is 16.2. The topological polar surface area (TPSA) is 50.8 Å². The predicted molar refractivity (Wildman–Crippen MR) is 96.5 cm³/mol. The second-order valence-electron chi connectivity index (χ2n) is 6.17. The van der Waals surface area contributed by atoms with Crippen molar-refractivity contribution in [3.05, 3.63) is 53.1 Å². The summed E-state index contributed by atoms with van der Waals surface area (Å²) in [7, 11) is 0. The van der Waals surface area contributed by atoms with Gasteiger partial charge in [0.2, 0.25) is 5.91 Å². The van der Waals surface area contributed by atoms with E-state index in [1.54, 1.807) is 17.0 Å². The van der Waals surface area contributed by atoms with Crippen molar-refractivity contribution in [1.82, 2.24) is 5.32 Å². The minimum absolute atomic E-state index is 0.0971. The fourth-order valence-corrected chi connectivity index (χ4v) is 3.31. The van der Waals surface area contributed by atoms with Crippen LogP contribution in [-0.4, -0.2) is 31.7 Å². The van der Waals surface area contributed by atoms with Crippen LogP contribution in [0.4, 0.5) is 5.69 Å². The van der Waals surface area contributed by atoms with Crippen LogP contribution in [0.1, 0.15) is 12.0 Å². The number of nitrogens with one attached hydrogen (secondary N) is 1. The Balaban J connectivity index is 1.39. The molecule has 6 heteroatoms. The predicted octanol–water partition coefficient (Wildman–Crippen LogP) is 3.01. The molecule has 1 fully saturated rings. The molecule has 25 heavy (non-hydrogen) atoms. The Kier molecular flexibility index (Phi) is 4.51. The van der Waals surface area contributed by atoms with E-state index in [1.165, 1.54) is 0 Å². The van der Waals surface area contributed by atoms with Gasteiger partial charge in [-0.15, -0.1) is 0 Å². The second kappa shape index (κ2) is 6.94. The summed E-state index contributed by atoms with van der Waals surface area (Å²) >= 11 is 5.92. The molecule has 4 rings (SSSR count). The Morgan fingerprint density at radius 2 is 1.84 bits per heavy atom. The van der Waals surface area contributed by atoms with Crippen molar-refractivity contribution < 1.29 is 14.3 Å². The molecular formula is C19H19ClN2O3. The van der Waals surface area contributed by atoms with E-state index in [-0.39, 0.29) is 11.9 Å². The Labute approximate surface area is 151 Å². The van der Waals surface area contributed by atoms with E-state index in [0.717, 1.165) is 29.2 Å². The first-order valence-corrected chi connectivity index (χ1v) is 8.77. The van der Waals surface area contributed by atoms with E-state index >= 15 is 0 Å². The van der Waals surface area contributed by atoms with Gasteiger partial charge in [0.1, 0.15) is 13.2 Å². The van der Waals surface area contributed by atoms with Crippen molar-refractivity contribution in [2.75, 3.05) is 24.7 Å². The molecule has 0 aliphatic carbocycles. The van der Waals surface area contributed by atoms with Gasteiger partial charge < -0.3 is 19.7 Å². The maximum absolute atomic E-state index is 12.6. The highest BCUT2D eigenvalue weighted by molar-refractivity contribution is 6.30. The van der Waals surface area contributed by atoms with Crippen molar-refractivity contribution in [2.24, 2.45) is 0 Å². The van der Waals surface area contributed by atoms with Crippen molar-refractivity contribution >= 4 is 23.2 Å². The third-order valence-corrected chi connectivity index (χ3v) is 4.75. The largest absolute Gasteiger partial charge is 0.486 e. The van der Waals surface area contributed by atoms with Gasteiger partial charge in [0.25, 0.3) is 0 Å². The van der Waals surface area contributed by atoms with Crippen LogP contribution >= 0.6 is 11.6 Å². The SMILES string of the molecule is O=C1C(NCc2ccc3c(c2)OCCO3)CCN1c1ccc(Cl)cc1. The van der Waals surface area contributed by atoms with E-state index in [2.05, 4.69) is 5.32 Å². The molecular weight excluding hydrogens is 340 g/mol. The van der Waals surface area contributed by atoms with E-state index < -0.39 is 0 Å². The molecule has 1 N–H and O–H groups in total. The van der Waals surface area contributed by atoms with Crippen LogP contribution < -0.4 is 19.7 Å². The zero-order chi connectivity index (χ0) is 17.2. The zero-order valence-corrected chi connectivity index (χ0v) is 14.5. The summed E-state index contributed by atoms with van der Waals surface area (Å²) in [6.07, 6.45) is 0.784. The summed E-state index contributed by atoms with van der Waals surface area (Å²) < 4.78 is 11.1. The standard InChI is InChI=1S/C19H19ClN2O3/c20-14-2-4-15(5-3-14)22-8-7-16(19(22)23)21-12-13-1-6-17-18(11-13)25-10-9-24-17/h1-6,11,16,21H,7-10,12H2. The van der Waals surface area contributed by atoms with Crippen molar-refractivity contribution in [1.29, 1.82) is 0 Å². The molecule has 2 aromatic rings. The number of carbonyl (C=O) groups is 1. The molecule has 2 aromatic carbocycles. The lowest BCUT2D eigenvalue weighted by Gasteiger charge is -2.20. The maximum Gasteiger partial charge on any atom is 0.244 e. The summed E-state index contributed by atoms with van der Waals surface area (Å²) in [5.41, 5.74) is 1.96. The molecule has 0 aromatic heterocycles. The van der Waals surface area contributed by atoms with Gasteiger partial charge in [-0.3, -0.25) is 4.79 Å². The number of hydrogen-bond acceptors (Lipinski definition) is 4. The molecule has 0 bridgehead atoms. The van der Waals surface area contributed by atoms with Gasteiger partial charge >= 0.3 is 0 Å². The molecule has 1 atom stereocenters. The Bertz CT molecular complexity index is 779. The van der Waals surface area contributed by atoms with Gasteiger partial charge in [-0.1, -0.05) is 17.7 Å². The van der Waals surface area contributed by atoms with Crippen LogP contribution in [0.2, 0.25) is 5.02 Å². The number of nitrogens with zero attached hydrogens (tertiary/aromatic N) is 1. The fraction of sp³-hybridized carbons (Fsp3) is 0.316. The quantitative estimate of drug-likeness (QED) is 0.912. The van der Waals surface area contributed by atoms with Gasteiger partial charge in [0.15, 0.2) is 11.5 Å². The highest BCUT2D eigenvalue weighted by Crippen LogP contribution is 2.31. The average Bonchev–Trinajstić information content (AvgIpc) is 3.01. The lowest BCUT2D eigenvalue weighted by Crippen LogP contribution is -2.38. The lowest BCUT2D eigenvalue weighted by atomic mass is 10.1. The number of hydrogen-bond donors (Lipinski definition) is 1. The third kappa shape index (κ3) is 3.43. The number of rotatable bonds is 4. The second-order valence-corrected chi connectivity index (χ2v) is 6.60. The molecule has 1 saturated heterocycles. The van der Waals surface area contributed by atoms with Crippen LogP contribution in [0.25, 0.3) is 0 Å². The van der Waals surface area contributed by atoms with Crippen molar-refractivity contribution in [2.45, 2.75) is 19.0 Å². The maximum atomic E-state index is 12.6. The molecule has 1 amide bonds. The average molecular weight is 359 g/mol. The lowest BCUT2D eigenvalue weighted by molar-refractivity contribution is -0.118. The Hall–Kier alpha value is -2.24. The fourth-order valence-electron chi connectivity index (χ4n) is 3.19. The highest BCUT2D eigenvalue weighted by atomic mass is 35.5. The van der Waals surface area contributed by atoms with Crippen LogP contribution in [0, 0.1) is 0 Å². The van der Waals surface area contributed by atoms with Gasteiger partial charge in [-0.05, 0) is 48.4 Å². The molecule has 2 aliphatic heterocycles.